The fourth-order valence-electron chi connectivity index (χ4n) is 2.36. The lowest BCUT2D eigenvalue weighted by atomic mass is 9.79. The molecule has 1 N–H and O–H groups in total. The summed E-state index contributed by atoms with van der Waals surface area (Å²) in [5.74, 6) is -2.26. The number of amides is 1. The first-order valence-electron chi connectivity index (χ1n) is 6.85. The first-order valence-corrected chi connectivity index (χ1v) is 7.79. The number of rotatable bonds is 5. The summed E-state index contributed by atoms with van der Waals surface area (Å²) >= 11 is 1.59. The first kappa shape index (κ1) is 15.0. The largest absolute Gasteiger partial charge is 0.481 e. The number of carboxylic acid groups (broad SMARTS) is 1. The molecule has 1 saturated carbocycles. The van der Waals surface area contributed by atoms with Crippen LogP contribution in [0.25, 0.3) is 0 Å². The molecule has 1 aliphatic rings. The van der Waals surface area contributed by atoms with Crippen LogP contribution in [-0.2, 0) is 16.1 Å². The van der Waals surface area contributed by atoms with E-state index in [-0.39, 0.29) is 11.9 Å². The van der Waals surface area contributed by atoms with Gasteiger partial charge in [0, 0.05) is 12.6 Å². The average molecular weight is 295 g/mol. The molecule has 110 valence electrons. The summed E-state index contributed by atoms with van der Waals surface area (Å²) in [6.45, 7) is 5.94. The Morgan fingerprint density at radius 2 is 2.10 bits per heavy atom. The molecule has 0 saturated heterocycles. The van der Waals surface area contributed by atoms with Crippen molar-refractivity contribution >= 4 is 23.2 Å². The summed E-state index contributed by atoms with van der Waals surface area (Å²) < 4.78 is 0. The van der Waals surface area contributed by atoms with Crippen LogP contribution in [-0.4, -0.2) is 27.9 Å². The summed E-state index contributed by atoms with van der Waals surface area (Å²) in [4.78, 5) is 25.9. The van der Waals surface area contributed by atoms with Crippen LogP contribution in [0.2, 0.25) is 0 Å². The van der Waals surface area contributed by atoms with Crippen LogP contribution in [0.5, 0.6) is 0 Å². The third-order valence-electron chi connectivity index (χ3n) is 3.56. The van der Waals surface area contributed by atoms with E-state index in [0.29, 0.717) is 6.54 Å². The van der Waals surface area contributed by atoms with E-state index in [1.165, 1.54) is 0 Å². The lowest BCUT2D eigenvalue weighted by Gasteiger charge is -2.32. The van der Waals surface area contributed by atoms with Gasteiger partial charge in [-0.2, -0.15) is 11.3 Å². The maximum atomic E-state index is 12.7. The smallest absolute Gasteiger partial charge is 0.316 e. The standard InChI is InChI=1S/C15H21NO3S/c1-15(2,3)12(14(18)19)13(17)16(11-4-5-11)8-10-6-7-20-9-10/h6-7,9,11-12H,4-5,8H2,1-3H3,(H,18,19). The zero-order valence-corrected chi connectivity index (χ0v) is 12.9. The molecular weight excluding hydrogens is 274 g/mol. The number of hydrogen-bond donors (Lipinski definition) is 1. The van der Waals surface area contributed by atoms with Crippen molar-refractivity contribution in [3.05, 3.63) is 22.4 Å². The predicted molar refractivity (Wildman–Crippen MR) is 78.5 cm³/mol. The molecule has 5 heteroatoms. The number of thiophene rings is 1. The lowest BCUT2D eigenvalue weighted by molar-refractivity contribution is -0.156. The number of aliphatic carboxylic acids is 1. The van der Waals surface area contributed by atoms with E-state index < -0.39 is 17.3 Å². The zero-order valence-electron chi connectivity index (χ0n) is 12.1. The highest BCUT2D eigenvalue weighted by atomic mass is 32.1. The molecule has 0 bridgehead atoms. The third-order valence-corrected chi connectivity index (χ3v) is 4.30. The van der Waals surface area contributed by atoms with Crippen LogP contribution >= 0.6 is 11.3 Å². The summed E-state index contributed by atoms with van der Waals surface area (Å²) in [7, 11) is 0. The molecule has 20 heavy (non-hydrogen) atoms. The Labute approximate surface area is 123 Å². The van der Waals surface area contributed by atoms with Crippen LogP contribution in [0.4, 0.5) is 0 Å². The molecule has 1 heterocycles. The molecule has 0 aromatic carbocycles. The minimum atomic E-state index is -1.03. The minimum absolute atomic E-state index is 0.214. The topological polar surface area (TPSA) is 57.6 Å². The Kier molecular flexibility index (Phi) is 4.18. The lowest BCUT2D eigenvalue weighted by Crippen LogP contribution is -2.45. The monoisotopic (exact) mass is 295 g/mol. The minimum Gasteiger partial charge on any atom is -0.481 e. The van der Waals surface area contributed by atoms with E-state index in [9.17, 15) is 14.7 Å². The molecular formula is C15H21NO3S. The van der Waals surface area contributed by atoms with Gasteiger partial charge in [0.25, 0.3) is 0 Å². The quantitative estimate of drug-likeness (QED) is 0.850. The third kappa shape index (κ3) is 3.39. The molecule has 1 aliphatic carbocycles. The van der Waals surface area contributed by atoms with Crippen molar-refractivity contribution in [1.29, 1.82) is 0 Å². The van der Waals surface area contributed by atoms with Gasteiger partial charge in [0.05, 0.1) is 0 Å². The SMILES string of the molecule is CC(C)(C)C(C(=O)O)C(=O)N(Cc1ccsc1)C1CC1. The zero-order chi connectivity index (χ0) is 14.9. The maximum Gasteiger partial charge on any atom is 0.316 e. The van der Waals surface area contributed by atoms with Gasteiger partial charge >= 0.3 is 5.97 Å². The van der Waals surface area contributed by atoms with E-state index in [4.69, 9.17) is 0 Å². The van der Waals surface area contributed by atoms with Crippen molar-refractivity contribution in [2.75, 3.05) is 0 Å². The van der Waals surface area contributed by atoms with Gasteiger partial charge in [0.2, 0.25) is 5.91 Å². The van der Waals surface area contributed by atoms with Gasteiger partial charge < -0.3 is 10.0 Å². The van der Waals surface area contributed by atoms with Crippen molar-refractivity contribution < 1.29 is 14.7 Å². The van der Waals surface area contributed by atoms with Crippen LogP contribution in [0.3, 0.4) is 0 Å². The molecule has 0 radical (unpaired) electrons. The molecule has 1 atom stereocenters. The maximum absolute atomic E-state index is 12.7. The van der Waals surface area contributed by atoms with E-state index in [1.807, 2.05) is 16.8 Å². The van der Waals surface area contributed by atoms with Gasteiger partial charge in [-0.05, 0) is 40.6 Å². The van der Waals surface area contributed by atoms with E-state index in [2.05, 4.69) is 0 Å². The van der Waals surface area contributed by atoms with E-state index in [1.54, 1.807) is 37.0 Å². The number of carbonyl (C=O) groups excluding carboxylic acids is 1. The normalized spacial score (nSPS) is 16.8. The molecule has 0 aliphatic heterocycles. The second-order valence-corrected chi connectivity index (χ2v) is 7.25. The highest BCUT2D eigenvalue weighted by molar-refractivity contribution is 7.07. The van der Waals surface area contributed by atoms with Crippen molar-refractivity contribution in [2.24, 2.45) is 11.3 Å². The molecule has 1 aromatic rings. The molecule has 0 spiro atoms. The Morgan fingerprint density at radius 3 is 2.50 bits per heavy atom. The molecule has 2 rings (SSSR count). The summed E-state index contributed by atoms with van der Waals surface area (Å²) in [5, 5.41) is 13.4. The van der Waals surface area contributed by atoms with Gasteiger partial charge in [-0.3, -0.25) is 9.59 Å². The second kappa shape index (κ2) is 5.56. The van der Waals surface area contributed by atoms with Crippen molar-refractivity contribution in [1.82, 2.24) is 4.90 Å². The fourth-order valence-corrected chi connectivity index (χ4v) is 3.02. The highest BCUT2D eigenvalue weighted by Gasteiger charge is 2.44. The van der Waals surface area contributed by atoms with Crippen LogP contribution < -0.4 is 0 Å². The highest BCUT2D eigenvalue weighted by Crippen LogP contribution is 2.34. The number of carbonyl (C=O) groups is 2. The molecule has 4 nitrogen and oxygen atoms in total. The van der Waals surface area contributed by atoms with Crippen LogP contribution in [0.15, 0.2) is 16.8 Å². The fraction of sp³-hybridized carbons (Fsp3) is 0.600. The second-order valence-electron chi connectivity index (χ2n) is 6.47. The number of hydrogen-bond acceptors (Lipinski definition) is 3. The summed E-state index contributed by atoms with van der Waals surface area (Å²) in [6.07, 6.45) is 1.96. The predicted octanol–water partition coefficient (Wildman–Crippen LogP) is 2.99. The van der Waals surface area contributed by atoms with Gasteiger partial charge in [-0.1, -0.05) is 20.8 Å². The number of nitrogens with zero attached hydrogens (tertiary/aromatic N) is 1. The summed E-state index contributed by atoms with van der Waals surface area (Å²) in [5.41, 5.74) is 0.498. The van der Waals surface area contributed by atoms with Crippen molar-refractivity contribution in [3.63, 3.8) is 0 Å². The Bertz CT molecular complexity index is 486. The summed E-state index contributed by atoms with van der Waals surface area (Å²) in [6, 6.07) is 2.20. The molecule has 1 amide bonds. The molecule has 1 fully saturated rings. The Hall–Kier alpha value is -1.36. The van der Waals surface area contributed by atoms with Gasteiger partial charge in [-0.25, -0.2) is 0 Å². The first-order chi connectivity index (χ1) is 9.30. The van der Waals surface area contributed by atoms with Crippen LogP contribution in [0, 0.1) is 11.3 Å². The Balaban J connectivity index is 2.19. The van der Waals surface area contributed by atoms with Gasteiger partial charge in [0.15, 0.2) is 0 Å². The van der Waals surface area contributed by atoms with Crippen molar-refractivity contribution in [3.8, 4) is 0 Å². The van der Waals surface area contributed by atoms with Gasteiger partial charge in [-0.15, -0.1) is 0 Å². The Morgan fingerprint density at radius 1 is 1.45 bits per heavy atom. The van der Waals surface area contributed by atoms with E-state index in [0.717, 1.165) is 18.4 Å². The average Bonchev–Trinajstić information content (AvgIpc) is 3.00. The van der Waals surface area contributed by atoms with E-state index >= 15 is 0 Å². The van der Waals surface area contributed by atoms with Gasteiger partial charge in [0.1, 0.15) is 5.92 Å². The number of carboxylic acids is 1. The molecule has 1 aromatic heterocycles. The molecule has 1 unspecified atom stereocenters. The van der Waals surface area contributed by atoms with Crippen molar-refractivity contribution in [2.45, 2.75) is 46.2 Å². The van der Waals surface area contributed by atoms with Crippen LogP contribution in [0.1, 0.15) is 39.2 Å².